The van der Waals surface area contributed by atoms with E-state index < -0.39 is 38.0 Å². The Labute approximate surface area is 242 Å². The molecule has 13 heteroatoms. The van der Waals surface area contributed by atoms with Crippen molar-refractivity contribution in [2.75, 3.05) is 52.4 Å². The van der Waals surface area contributed by atoms with Crippen LogP contribution in [-0.4, -0.2) is 85.9 Å². The van der Waals surface area contributed by atoms with Crippen LogP contribution in [-0.2, 0) is 11.1 Å². The summed E-state index contributed by atoms with van der Waals surface area (Å²) in [5.41, 5.74) is 1.04. The molecule has 1 aliphatic rings. The van der Waals surface area contributed by atoms with Crippen LogP contribution in [0.3, 0.4) is 0 Å². The van der Waals surface area contributed by atoms with E-state index in [0.29, 0.717) is 28.8 Å². The highest BCUT2D eigenvalue weighted by molar-refractivity contribution is 7.70. The minimum atomic E-state index is -4.51. The van der Waals surface area contributed by atoms with Gasteiger partial charge < -0.3 is 29.4 Å². The SMILES string of the molecule is COc1ccc(P(C)(C)=O)cc1NCC#Cc1cc(C(=O)N[C@@H]2[C@@H](C)CN(C)C[C@@H]2F)c2ncn(CC(F)(F)F)c2c1. The molecule has 0 radical (unpaired) electrons. The first-order chi connectivity index (χ1) is 19.7. The topological polar surface area (TPSA) is 88.5 Å². The molecule has 42 heavy (non-hydrogen) atoms. The summed E-state index contributed by atoms with van der Waals surface area (Å²) in [6.45, 7) is 4.72. The monoisotopic (exact) mass is 607 g/mol. The number of methoxy groups -OCH3 is 1. The van der Waals surface area contributed by atoms with Gasteiger partial charge in [-0.2, -0.15) is 13.2 Å². The number of fused-ring (bicyclic) bond motifs is 1. The predicted octanol–water partition coefficient (Wildman–Crippen LogP) is 4.34. The van der Waals surface area contributed by atoms with Crippen molar-refractivity contribution < 1.29 is 31.7 Å². The lowest BCUT2D eigenvalue weighted by Gasteiger charge is -2.37. The first-order valence-corrected chi connectivity index (χ1v) is 15.9. The van der Waals surface area contributed by atoms with Crippen molar-refractivity contribution in [3.63, 3.8) is 0 Å². The number of likely N-dealkylation sites (tertiary alicyclic amines) is 1. The summed E-state index contributed by atoms with van der Waals surface area (Å²) in [4.78, 5) is 19.3. The number of alkyl halides is 4. The molecule has 2 heterocycles. The molecule has 0 bridgehead atoms. The van der Waals surface area contributed by atoms with E-state index in [0.717, 1.165) is 10.9 Å². The summed E-state index contributed by atoms with van der Waals surface area (Å²) >= 11 is 0. The number of hydrogen-bond donors (Lipinski definition) is 2. The van der Waals surface area contributed by atoms with E-state index in [1.54, 1.807) is 38.6 Å². The maximum absolute atomic E-state index is 14.8. The third-order valence-electron chi connectivity index (χ3n) is 7.11. The van der Waals surface area contributed by atoms with Gasteiger partial charge in [-0.3, -0.25) is 4.79 Å². The zero-order valence-electron chi connectivity index (χ0n) is 24.1. The molecule has 1 amide bonds. The number of nitrogens with one attached hydrogen (secondary N) is 2. The minimum Gasteiger partial charge on any atom is -0.495 e. The number of ether oxygens (including phenoxy) is 1. The summed E-state index contributed by atoms with van der Waals surface area (Å²) in [6.07, 6.45) is -4.79. The van der Waals surface area contributed by atoms with Crippen LogP contribution in [0.5, 0.6) is 5.75 Å². The number of rotatable bonds is 7. The molecule has 0 spiro atoms. The number of imidazole rings is 1. The number of nitrogens with zero attached hydrogens (tertiary/aromatic N) is 3. The van der Waals surface area contributed by atoms with Gasteiger partial charge in [0, 0.05) is 24.0 Å². The number of carbonyl (C=O) groups is 1. The molecule has 1 saturated heterocycles. The van der Waals surface area contributed by atoms with E-state index in [4.69, 9.17) is 4.74 Å². The Bertz CT molecular complexity index is 1560. The average molecular weight is 608 g/mol. The van der Waals surface area contributed by atoms with Crippen LogP contribution in [0.2, 0.25) is 0 Å². The molecule has 1 fully saturated rings. The van der Waals surface area contributed by atoms with Crippen molar-refractivity contribution in [1.29, 1.82) is 0 Å². The van der Waals surface area contributed by atoms with Gasteiger partial charge in [0.05, 0.1) is 42.8 Å². The lowest BCUT2D eigenvalue weighted by atomic mass is 9.92. The van der Waals surface area contributed by atoms with Gasteiger partial charge in [-0.15, -0.1) is 0 Å². The number of halogens is 4. The molecule has 1 aromatic heterocycles. The van der Waals surface area contributed by atoms with Gasteiger partial charge in [-0.25, -0.2) is 9.37 Å². The number of carbonyl (C=O) groups excluding carboxylic acids is 1. The Kier molecular flexibility index (Phi) is 9.24. The van der Waals surface area contributed by atoms with Crippen LogP contribution < -0.4 is 20.7 Å². The molecule has 2 N–H and O–H groups in total. The average Bonchev–Trinajstić information content (AvgIpc) is 3.28. The van der Waals surface area contributed by atoms with E-state index in [2.05, 4.69) is 27.5 Å². The van der Waals surface area contributed by atoms with E-state index in [-0.39, 0.29) is 35.6 Å². The highest BCUT2D eigenvalue weighted by Gasteiger charge is 2.35. The Morgan fingerprint density at radius 2 is 1.95 bits per heavy atom. The molecule has 2 aromatic carbocycles. The number of piperidine rings is 1. The fraction of sp³-hybridized carbons (Fsp3) is 0.448. The largest absolute Gasteiger partial charge is 0.495 e. The van der Waals surface area contributed by atoms with Crippen molar-refractivity contribution in [3.05, 3.63) is 47.8 Å². The van der Waals surface area contributed by atoms with Crippen LogP contribution >= 0.6 is 7.14 Å². The fourth-order valence-electron chi connectivity index (χ4n) is 5.09. The molecule has 4 rings (SSSR count). The Balaban J connectivity index is 1.64. The van der Waals surface area contributed by atoms with E-state index in [1.165, 1.54) is 19.2 Å². The standard InChI is InChI=1S/C29H34F4N5O3P/c1-18-14-37(2)15-22(30)26(18)36-28(39)21-11-19(12-24-27(21)35-17-38(24)16-29(31,32)33)7-6-10-34-23-13-20(42(4,5)40)8-9-25(23)41-3/h8-9,11-13,17-18,22,26,34H,10,14-16H2,1-5H3,(H,36,39)/t18-,22-,26+/m0/s1. The first kappa shape index (κ1) is 31.4. The highest BCUT2D eigenvalue weighted by atomic mass is 31.2. The van der Waals surface area contributed by atoms with Gasteiger partial charge in [0.2, 0.25) is 0 Å². The Morgan fingerprint density at radius 1 is 1.21 bits per heavy atom. The number of hydrogen-bond acceptors (Lipinski definition) is 6. The van der Waals surface area contributed by atoms with Crippen LogP contribution in [0.15, 0.2) is 36.7 Å². The van der Waals surface area contributed by atoms with Crippen LogP contribution in [0, 0.1) is 17.8 Å². The Morgan fingerprint density at radius 3 is 2.60 bits per heavy atom. The summed E-state index contributed by atoms with van der Waals surface area (Å²) in [5.74, 6) is 5.53. The molecule has 0 aliphatic carbocycles. The van der Waals surface area contributed by atoms with Crippen molar-refractivity contribution in [2.24, 2.45) is 5.92 Å². The van der Waals surface area contributed by atoms with Crippen LogP contribution in [0.1, 0.15) is 22.8 Å². The van der Waals surface area contributed by atoms with Gasteiger partial charge in [-0.05, 0) is 56.6 Å². The number of benzene rings is 2. The van der Waals surface area contributed by atoms with Gasteiger partial charge >= 0.3 is 6.18 Å². The summed E-state index contributed by atoms with van der Waals surface area (Å²) < 4.78 is 73.4. The van der Waals surface area contributed by atoms with Crippen LogP contribution in [0.4, 0.5) is 23.2 Å². The van der Waals surface area contributed by atoms with Crippen molar-refractivity contribution in [3.8, 4) is 17.6 Å². The third kappa shape index (κ3) is 7.44. The molecule has 0 unspecified atom stereocenters. The molecular formula is C29H34F4N5O3P. The van der Waals surface area contributed by atoms with Crippen molar-refractivity contribution in [1.82, 2.24) is 19.8 Å². The zero-order chi connectivity index (χ0) is 30.8. The molecular weight excluding hydrogens is 573 g/mol. The second-order valence-electron chi connectivity index (χ2n) is 11.0. The number of aromatic nitrogens is 2. The van der Waals surface area contributed by atoms with E-state index in [1.807, 2.05) is 11.8 Å². The molecule has 8 nitrogen and oxygen atoms in total. The highest BCUT2D eigenvalue weighted by Crippen LogP contribution is 2.37. The van der Waals surface area contributed by atoms with E-state index in [9.17, 15) is 26.9 Å². The van der Waals surface area contributed by atoms with Crippen molar-refractivity contribution >= 4 is 35.1 Å². The molecule has 0 saturated carbocycles. The van der Waals surface area contributed by atoms with Gasteiger partial charge in [0.25, 0.3) is 5.91 Å². The summed E-state index contributed by atoms with van der Waals surface area (Å²) in [7, 11) is 0.783. The lowest BCUT2D eigenvalue weighted by molar-refractivity contribution is -0.139. The van der Waals surface area contributed by atoms with Crippen LogP contribution in [0.25, 0.3) is 11.0 Å². The lowest BCUT2D eigenvalue weighted by Crippen LogP contribution is -2.56. The molecule has 3 aromatic rings. The van der Waals surface area contributed by atoms with E-state index >= 15 is 0 Å². The number of anilines is 1. The summed E-state index contributed by atoms with van der Waals surface area (Å²) in [5, 5.41) is 6.52. The van der Waals surface area contributed by atoms with Gasteiger partial charge in [-0.1, -0.05) is 18.8 Å². The third-order valence-corrected chi connectivity index (χ3v) is 8.63. The fourth-order valence-corrected chi connectivity index (χ4v) is 5.97. The quantitative estimate of drug-likeness (QED) is 0.236. The molecule has 226 valence electrons. The minimum absolute atomic E-state index is 0.0139. The van der Waals surface area contributed by atoms with Gasteiger partial charge in [0.15, 0.2) is 0 Å². The summed E-state index contributed by atoms with van der Waals surface area (Å²) in [6, 6.07) is 7.31. The predicted molar refractivity (Wildman–Crippen MR) is 156 cm³/mol. The van der Waals surface area contributed by atoms with Crippen molar-refractivity contribution in [2.45, 2.75) is 31.9 Å². The maximum Gasteiger partial charge on any atom is 0.406 e. The normalized spacial score (nSPS) is 19.7. The molecule has 1 aliphatic heterocycles. The first-order valence-electron chi connectivity index (χ1n) is 13.3. The zero-order valence-corrected chi connectivity index (χ0v) is 24.9. The maximum atomic E-state index is 14.8. The number of amides is 1. The smallest absolute Gasteiger partial charge is 0.406 e. The second kappa shape index (κ2) is 12.4. The Hall–Kier alpha value is -3.55. The van der Waals surface area contributed by atoms with Gasteiger partial charge in [0.1, 0.15) is 31.1 Å². The second-order valence-corrected chi connectivity index (χ2v) is 14.2. The molecule has 3 atom stereocenters.